The van der Waals surface area contributed by atoms with E-state index in [2.05, 4.69) is 68.0 Å². The minimum absolute atomic E-state index is 0.00308. The molecule has 0 spiro atoms. The second-order valence-electron chi connectivity index (χ2n) is 22.7. The Bertz CT molecular complexity index is 3430. The number of nitrogens with zero attached hydrogens (tertiary/aromatic N) is 4. The van der Waals surface area contributed by atoms with Gasteiger partial charge in [0.1, 0.15) is 54.1 Å². The Kier molecular flexibility index (Phi) is 24.8. The summed E-state index contributed by atoms with van der Waals surface area (Å²) >= 11 is 0. The van der Waals surface area contributed by atoms with E-state index >= 15 is 0 Å². The number of carbonyl (C=O) groups is 11. The average Bonchev–Trinajstić information content (AvgIpc) is 1.66. The number of primary amides is 1. The number of hydrogen-bond donors (Lipinski definition) is 17. The van der Waals surface area contributed by atoms with Crippen LogP contribution >= 0.6 is 0 Å². The van der Waals surface area contributed by atoms with Crippen LogP contribution in [0.2, 0.25) is 0 Å². The normalized spacial score (nSPS) is 16.3. The van der Waals surface area contributed by atoms with Crippen molar-refractivity contribution in [2.24, 2.45) is 28.1 Å². The number of aromatic nitrogens is 3. The number of aromatic amines is 2. The van der Waals surface area contributed by atoms with Crippen LogP contribution < -0.4 is 70.7 Å². The molecule has 0 radical (unpaired) electrons. The van der Waals surface area contributed by atoms with Crippen LogP contribution in [0.25, 0.3) is 10.9 Å². The topological polar surface area (TPSA) is 490 Å². The van der Waals surface area contributed by atoms with Gasteiger partial charge in [-0.3, -0.25) is 59.0 Å². The number of carbonyl (C=O) groups excluding carboxylic acids is 11. The van der Waals surface area contributed by atoms with E-state index in [1.807, 2.05) is 5.43 Å². The molecule has 2 aliphatic heterocycles. The minimum atomic E-state index is -1.81. The first-order valence-corrected chi connectivity index (χ1v) is 29.9. The zero-order chi connectivity index (χ0) is 66.4. The van der Waals surface area contributed by atoms with Gasteiger partial charge in [-0.2, -0.15) is 0 Å². The van der Waals surface area contributed by atoms with Crippen molar-refractivity contribution in [1.82, 2.24) is 78.4 Å². The highest BCUT2D eigenvalue weighted by atomic mass is 16.3. The number of guanidine groups is 1. The van der Waals surface area contributed by atoms with Crippen LogP contribution in [-0.4, -0.2) is 174 Å². The van der Waals surface area contributed by atoms with Crippen molar-refractivity contribution in [2.45, 2.75) is 133 Å². The van der Waals surface area contributed by atoms with Gasteiger partial charge in [0.2, 0.25) is 41.4 Å². The Balaban J connectivity index is 1.13. The number of rotatable bonds is 29. The maximum absolute atomic E-state index is 14.9. The van der Waals surface area contributed by atoms with E-state index in [0.717, 1.165) is 5.01 Å². The first-order valence-electron chi connectivity index (χ1n) is 29.9. The molecule has 32 heteroatoms. The van der Waals surface area contributed by atoms with Gasteiger partial charge in [-0.15, -0.1) is 0 Å². The molecule has 0 bridgehead atoms. The lowest BCUT2D eigenvalue weighted by molar-refractivity contribution is -0.142. The number of nitrogens with two attached hydrogens (primary N) is 3. The number of benzene rings is 3. The van der Waals surface area contributed by atoms with E-state index < -0.39 is 114 Å². The summed E-state index contributed by atoms with van der Waals surface area (Å²) in [5.74, 6) is -7.70. The molecule has 2 aliphatic rings. The van der Waals surface area contributed by atoms with Gasteiger partial charge in [0.15, 0.2) is 5.96 Å². The van der Waals surface area contributed by atoms with Crippen LogP contribution in [0.5, 0.6) is 5.75 Å². The number of fused-ring (bicyclic) bond motifs is 1. The molecule has 92 heavy (non-hydrogen) atoms. The van der Waals surface area contributed by atoms with Gasteiger partial charge in [0.25, 0.3) is 11.8 Å². The third-order valence-electron chi connectivity index (χ3n) is 15.2. The van der Waals surface area contributed by atoms with Gasteiger partial charge in [0, 0.05) is 67.8 Å². The molecular weight excluding hydrogens is 1190 g/mol. The molecule has 8 atom stereocenters. The van der Waals surface area contributed by atoms with Crippen LogP contribution in [0.15, 0.2) is 103 Å². The van der Waals surface area contributed by atoms with Crippen LogP contribution in [0.3, 0.4) is 0 Å². The SMILES string of the molecule is CC(C)C[C@H](NC(=O)N(Cc1ccccc1)NC(=O)[C@H](Cc1ccc(O)cc1)NC(=O)[C@H](CO)NC(=O)[C@H](Cc1c[nH]c2ccccc12)NC(=O)[C@H](Cc1cnc[nH]1)NC(=O)[C@@H]1CCC(=O)N1)C(=O)N[C@@H](CCCN=C(N)N)C(=O)N1CCC[C@H]1C(=O)NNC(N)=O. The van der Waals surface area contributed by atoms with Crippen molar-refractivity contribution in [3.05, 3.63) is 120 Å². The molecule has 0 saturated carbocycles. The minimum Gasteiger partial charge on any atom is -0.508 e. The first kappa shape index (κ1) is 68.7. The maximum Gasteiger partial charge on any atom is 0.337 e. The van der Waals surface area contributed by atoms with Crippen LogP contribution in [-0.2, 0) is 69.0 Å². The lowest BCUT2D eigenvalue weighted by atomic mass is 10.0. The second kappa shape index (κ2) is 33.2. The summed E-state index contributed by atoms with van der Waals surface area (Å²) in [5, 5.41) is 41.1. The van der Waals surface area contributed by atoms with E-state index in [0.29, 0.717) is 39.7 Å². The summed E-state index contributed by atoms with van der Waals surface area (Å²) in [6.07, 6.45) is 4.89. The highest BCUT2D eigenvalue weighted by Gasteiger charge is 2.40. The highest BCUT2D eigenvalue weighted by Crippen LogP contribution is 2.22. The molecule has 2 aromatic heterocycles. The summed E-state index contributed by atoms with van der Waals surface area (Å²) in [6.45, 7) is 2.37. The third-order valence-corrected chi connectivity index (χ3v) is 15.2. The smallest absolute Gasteiger partial charge is 0.337 e. The third kappa shape index (κ3) is 20.1. The van der Waals surface area contributed by atoms with Crippen molar-refractivity contribution >= 4 is 82.1 Å². The lowest BCUT2D eigenvalue weighted by Crippen LogP contribution is -2.62. The van der Waals surface area contributed by atoms with Crippen molar-refractivity contribution in [3.63, 3.8) is 0 Å². The fourth-order valence-corrected chi connectivity index (χ4v) is 10.5. The molecule has 2 saturated heterocycles. The molecule has 7 rings (SSSR count). The number of likely N-dealkylation sites (tertiary alicyclic amines) is 1. The van der Waals surface area contributed by atoms with Crippen LogP contribution in [0.4, 0.5) is 9.59 Å². The predicted octanol–water partition coefficient (Wildman–Crippen LogP) is -2.28. The zero-order valence-corrected chi connectivity index (χ0v) is 50.7. The first-order chi connectivity index (χ1) is 44.0. The predicted molar refractivity (Wildman–Crippen MR) is 331 cm³/mol. The van der Waals surface area contributed by atoms with E-state index in [4.69, 9.17) is 17.2 Å². The van der Waals surface area contributed by atoms with Gasteiger partial charge >= 0.3 is 12.1 Å². The number of urea groups is 2. The average molecular weight is 1270 g/mol. The Hall–Kier alpha value is -10.8. The molecule has 20 N–H and O–H groups in total. The fraction of sp³-hybridized carbons (Fsp3) is 0.417. The summed E-state index contributed by atoms with van der Waals surface area (Å²) < 4.78 is 0. The van der Waals surface area contributed by atoms with E-state index in [9.17, 15) is 63.0 Å². The number of aliphatic imine (C=N–C) groups is 1. The highest BCUT2D eigenvalue weighted by molar-refractivity contribution is 5.99. The van der Waals surface area contributed by atoms with Crippen molar-refractivity contribution in [1.29, 1.82) is 0 Å². The van der Waals surface area contributed by atoms with E-state index in [-0.39, 0.29) is 101 Å². The Morgan fingerprint density at radius 2 is 1.36 bits per heavy atom. The Morgan fingerprint density at radius 1 is 0.707 bits per heavy atom. The molecular formula is C60H79N19O13. The molecule has 492 valence electrons. The molecule has 0 unspecified atom stereocenters. The summed E-state index contributed by atoms with van der Waals surface area (Å²) in [4.78, 5) is 167. The van der Waals surface area contributed by atoms with Gasteiger partial charge in [0.05, 0.1) is 19.5 Å². The number of aliphatic hydroxyl groups is 1. The molecule has 13 amide bonds. The van der Waals surface area contributed by atoms with Crippen molar-refractivity contribution in [2.75, 3.05) is 19.7 Å². The van der Waals surface area contributed by atoms with Gasteiger partial charge in [-0.1, -0.05) is 74.5 Å². The van der Waals surface area contributed by atoms with Gasteiger partial charge in [-0.25, -0.2) is 25.0 Å². The molecule has 5 aromatic rings. The fourth-order valence-electron chi connectivity index (χ4n) is 10.5. The number of H-pyrrole nitrogens is 2. The molecule has 2 fully saturated rings. The van der Waals surface area contributed by atoms with Gasteiger partial charge < -0.3 is 79.5 Å². The number of hydrogen-bond acceptors (Lipinski definition) is 15. The zero-order valence-electron chi connectivity index (χ0n) is 50.7. The molecule has 32 nitrogen and oxygen atoms in total. The van der Waals surface area contributed by atoms with Gasteiger partial charge in [-0.05, 0) is 79.3 Å². The summed E-state index contributed by atoms with van der Waals surface area (Å²) in [6, 6.07) is 8.21. The largest absolute Gasteiger partial charge is 0.508 e. The Labute approximate surface area is 528 Å². The lowest BCUT2D eigenvalue weighted by Gasteiger charge is -2.31. The molecule has 3 aromatic carbocycles. The molecule has 4 heterocycles. The van der Waals surface area contributed by atoms with E-state index in [1.54, 1.807) is 74.6 Å². The standard InChI is InChI=1S/C60H79N19O13/c1-33(2)24-43(51(84)69-42(14-8-22-65-58(61)62)57(90)78-23-9-15-48(78)56(89)75-76-59(63)91)74-60(92)79(30-35-10-4-3-5-11-35)77-55(88)44(25-34-16-18-38(81)19-17-34)70-54(87)47(31-80)73-52(85)45(26-36-28-66-40-13-7-6-12-39(36)40)71-53(86)46(27-37-29-64-32-67-37)72-50(83)41-20-21-49(82)68-41/h3-7,10-13,16-19,28-29,32-33,41-48,66,80-81H,8-9,14-15,20-27,30-31H2,1-2H3,(H,64,67)(H,68,82)(H,69,84)(H,70,87)(H,71,86)(H,72,83)(H,73,85)(H,74,92)(H,75,89)(H,77,88)(H4,61,62,65)(H3,63,76,91)/t41-,42-,43-,44-,45-,46-,47-,48-/m0/s1. The number of aromatic hydroxyl groups is 1. The monoisotopic (exact) mass is 1270 g/mol. The summed E-state index contributed by atoms with van der Waals surface area (Å²) in [5.41, 5.74) is 25.6. The number of imidazole rings is 1. The molecule has 0 aliphatic carbocycles. The quantitative estimate of drug-likeness (QED) is 0.0104. The van der Waals surface area contributed by atoms with Crippen LogP contribution in [0, 0.1) is 5.92 Å². The number of para-hydroxylation sites is 1. The number of amides is 13. The second-order valence-corrected chi connectivity index (χ2v) is 22.7. The van der Waals surface area contributed by atoms with Crippen molar-refractivity contribution in [3.8, 4) is 5.75 Å². The number of hydrazine groups is 2. The number of phenolic OH excluding ortho intramolecular Hbond substituents is 1. The summed E-state index contributed by atoms with van der Waals surface area (Å²) in [7, 11) is 0. The number of phenols is 1. The number of aliphatic hydroxyl groups excluding tert-OH is 1. The number of nitrogens with one attached hydrogen (secondary N) is 12. The van der Waals surface area contributed by atoms with E-state index in [1.165, 1.54) is 41.7 Å². The van der Waals surface area contributed by atoms with Crippen LogP contribution in [0.1, 0.15) is 81.2 Å². The Morgan fingerprint density at radius 3 is 2.01 bits per heavy atom. The van der Waals surface area contributed by atoms with Crippen molar-refractivity contribution < 1.29 is 63.0 Å². The maximum atomic E-state index is 14.9.